The summed E-state index contributed by atoms with van der Waals surface area (Å²) >= 11 is 11.5. The Kier molecular flexibility index (Phi) is 3.38. The minimum absolute atomic E-state index is 0.500. The Morgan fingerprint density at radius 2 is 2.17 bits per heavy atom. The molecule has 0 aromatic heterocycles. The molecule has 1 aliphatic rings. The van der Waals surface area contributed by atoms with E-state index in [4.69, 9.17) is 23.2 Å². The van der Waals surface area contributed by atoms with Crippen LogP contribution in [0.15, 0.2) is 39.2 Å². The maximum Gasteiger partial charge on any atom is 0.108 e. The molecule has 0 spiro atoms. The first kappa shape index (κ1) is 9.36. The predicted molar refractivity (Wildman–Crippen MR) is 53.3 cm³/mol. The third-order valence-corrected chi connectivity index (χ3v) is 1.61. The molecule has 0 radical (unpaired) electrons. The van der Waals surface area contributed by atoms with E-state index in [0.717, 1.165) is 5.70 Å². The third kappa shape index (κ3) is 2.72. The topological polar surface area (TPSA) is 24.4 Å². The molecular formula is C8H8Cl2N2. The van der Waals surface area contributed by atoms with Crippen LogP contribution in [0.5, 0.6) is 0 Å². The summed E-state index contributed by atoms with van der Waals surface area (Å²) in [5, 5.41) is 3.99. The van der Waals surface area contributed by atoms with Crippen molar-refractivity contribution in [3.05, 3.63) is 34.2 Å². The van der Waals surface area contributed by atoms with E-state index in [-0.39, 0.29) is 0 Å². The standard InChI is InChI=1S/C8H8Cl2N2/c1-2-11-5-7-3-6(9)4-8(10)12-7/h2-5,12H,1H3/b7-5-,11-2?. The van der Waals surface area contributed by atoms with Crippen molar-refractivity contribution in [2.75, 3.05) is 0 Å². The number of nitrogens with one attached hydrogen (secondary N) is 1. The summed E-state index contributed by atoms with van der Waals surface area (Å²) in [6.45, 7) is 1.84. The average molecular weight is 203 g/mol. The van der Waals surface area contributed by atoms with E-state index in [0.29, 0.717) is 10.2 Å². The monoisotopic (exact) mass is 202 g/mol. The molecular weight excluding hydrogens is 195 g/mol. The number of dihydropyridines is 1. The van der Waals surface area contributed by atoms with E-state index in [9.17, 15) is 0 Å². The van der Waals surface area contributed by atoms with Crippen LogP contribution in [0.4, 0.5) is 0 Å². The van der Waals surface area contributed by atoms with Gasteiger partial charge < -0.3 is 5.32 Å². The smallest absolute Gasteiger partial charge is 0.108 e. The number of hydrogen-bond acceptors (Lipinski definition) is 2. The van der Waals surface area contributed by atoms with Gasteiger partial charge in [-0.2, -0.15) is 0 Å². The summed E-state index contributed by atoms with van der Waals surface area (Å²) in [5.74, 6) is 0. The number of hydrogen-bond donors (Lipinski definition) is 1. The number of allylic oxidation sites excluding steroid dienone is 3. The van der Waals surface area contributed by atoms with Crippen molar-refractivity contribution in [1.82, 2.24) is 5.32 Å². The third-order valence-electron chi connectivity index (χ3n) is 1.18. The largest absolute Gasteiger partial charge is 0.345 e. The number of rotatable bonds is 1. The summed E-state index contributed by atoms with van der Waals surface area (Å²) < 4.78 is 0. The quantitative estimate of drug-likeness (QED) is 0.514. The van der Waals surface area contributed by atoms with E-state index in [1.165, 1.54) is 0 Å². The fourth-order valence-corrected chi connectivity index (χ4v) is 1.25. The Labute approximate surface area is 81.3 Å². The normalized spacial score (nSPS) is 20.8. The van der Waals surface area contributed by atoms with Crippen LogP contribution < -0.4 is 5.32 Å². The molecule has 1 N–H and O–H groups in total. The molecule has 0 aromatic rings. The second-order valence-electron chi connectivity index (χ2n) is 2.14. The van der Waals surface area contributed by atoms with Crippen LogP contribution in [0.1, 0.15) is 6.92 Å². The molecule has 0 unspecified atom stereocenters. The summed E-state index contributed by atoms with van der Waals surface area (Å²) in [6.07, 6.45) is 6.72. The van der Waals surface area contributed by atoms with Gasteiger partial charge in [0.1, 0.15) is 5.16 Å². The average Bonchev–Trinajstić information content (AvgIpc) is 1.99. The highest BCUT2D eigenvalue weighted by Gasteiger charge is 2.03. The van der Waals surface area contributed by atoms with Gasteiger partial charge in [0.15, 0.2) is 0 Å². The Morgan fingerprint density at radius 3 is 2.75 bits per heavy atom. The molecule has 1 heterocycles. The lowest BCUT2D eigenvalue weighted by Crippen LogP contribution is -2.10. The number of halogens is 2. The molecule has 1 aliphatic heterocycles. The molecule has 0 fully saturated rings. The van der Waals surface area contributed by atoms with Gasteiger partial charge in [-0.25, -0.2) is 0 Å². The lowest BCUT2D eigenvalue weighted by molar-refractivity contribution is 1.05. The number of nitrogens with zero attached hydrogens (tertiary/aromatic N) is 1. The fourth-order valence-electron chi connectivity index (χ4n) is 0.746. The summed E-state index contributed by atoms with van der Waals surface area (Å²) in [4.78, 5) is 3.93. The molecule has 0 saturated heterocycles. The van der Waals surface area contributed by atoms with E-state index in [1.807, 2.05) is 6.92 Å². The van der Waals surface area contributed by atoms with Gasteiger partial charge in [-0.1, -0.05) is 23.2 Å². The lowest BCUT2D eigenvalue weighted by atomic mass is 10.3. The Balaban J connectivity index is 2.80. The fraction of sp³-hybridized carbons (Fsp3) is 0.125. The molecule has 0 bridgehead atoms. The first-order valence-electron chi connectivity index (χ1n) is 3.42. The zero-order valence-corrected chi connectivity index (χ0v) is 8.02. The van der Waals surface area contributed by atoms with Crippen LogP contribution in [0, 0.1) is 0 Å². The van der Waals surface area contributed by atoms with Gasteiger partial charge in [0, 0.05) is 17.4 Å². The molecule has 2 nitrogen and oxygen atoms in total. The van der Waals surface area contributed by atoms with Crippen molar-refractivity contribution in [3.63, 3.8) is 0 Å². The van der Waals surface area contributed by atoms with Crippen molar-refractivity contribution in [3.8, 4) is 0 Å². The summed E-state index contributed by atoms with van der Waals surface area (Å²) in [6, 6.07) is 0. The van der Waals surface area contributed by atoms with Crippen LogP contribution in [-0.2, 0) is 0 Å². The second-order valence-corrected chi connectivity index (χ2v) is 2.98. The SMILES string of the molecule is CC=N/C=C1/C=C(Cl)C=C(Cl)N1. The van der Waals surface area contributed by atoms with Crippen molar-refractivity contribution < 1.29 is 0 Å². The maximum atomic E-state index is 5.75. The van der Waals surface area contributed by atoms with Crippen molar-refractivity contribution in [2.45, 2.75) is 6.92 Å². The summed E-state index contributed by atoms with van der Waals surface area (Å²) in [5.41, 5.74) is 0.783. The van der Waals surface area contributed by atoms with Gasteiger partial charge >= 0.3 is 0 Å². The summed E-state index contributed by atoms with van der Waals surface area (Å²) in [7, 11) is 0. The van der Waals surface area contributed by atoms with Gasteiger partial charge in [0.25, 0.3) is 0 Å². The highest BCUT2D eigenvalue weighted by atomic mass is 35.5. The Hall–Kier alpha value is -0.730. The molecule has 4 heteroatoms. The van der Waals surface area contributed by atoms with Gasteiger partial charge in [-0.15, -0.1) is 0 Å². The second kappa shape index (κ2) is 4.33. The minimum atomic E-state index is 0.500. The van der Waals surface area contributed by atoms with E-state index < -0.39 is 0 Å². The lowest BCUT2D eigenvalue weighted by Gasteiger charge is -2.09. The van der Waals surface area contributed by atoms with E-state index in [2.05, 4.69) is 10.3 Å². The van der Waals surface area contributed by atoms with Gasteiger partial charge in [-0.05, 0) is 19.1 Å². The molecule has 1 rings (SSSR count). The molecule has 0 aliphatic carbocycles. The Morgan fingerprint density at radius 1 is 1.42 bits per heavy atom. The zero-order chi connectivity index (χ0) is 8.97. The van der Waals surface area contributed by atoms with Crippen molar-refractivity contribution in [1.29, 1.82) is 0 Å². The Bertz CT molecular complexity index is 287. The van der Waals surface area contributed by atoms with E-state index >= 15 is 0 Å². The minimum Gasteiger partial charge on any atom is -0.345 e. The number of aliphatic imine (C=N–C) groups is 1. The van der Waals surface area contributed by atoms with Gasteiger partial charge in [0.05, 0.1) is 5.70 Å². The zero-order valence-electron chi connectivity index (χ0n) is 6.51. The van der Waals surface area contributed by atoms with Gasteiger partial charge in [-0.3, -0.25) is 4.99 Å². The van der Waals surface area contributed by atoms with Gasteiger partial charge in [0.2, 0.25) is 0 Å². The molecule has 0 aromatic carbocycles. The first-order valence-corrected chi connectivity index (χ1v) is 4.17. The van der Waals surface area contributed by atoms with Crippen molar-refractivity contribution in [2.24, 2.45) is 4.99 Å². The maximum absolute atomic E-state index is 5.75. The van der Waals surface area contributed by atoms with Crippen LogP contribution >= 0.6 is 23.2 Å². The van der Waals surface area contributed by atoms with Crippen LogP contribution in [-0.4, -0.2) is 6.21 Å². The molecule has 0 atom stereocenters. The van der Waals surface area contributed by atoms with E-state index in [1.54, 1.807) is 24.6 Å². The first-order chi connectivity index (χ1) is 5.72. The highest BCUT2D eigenvalue weighted by Crippen LogP contribution is 2.17. The van der Waals surface area contributed by atoms with Crippen LogP contribution in [0.3, 0.4) is 0 Å². The van der Waals surface area contributed by atoms with Crippen molar-refractivity contribution >= 4 is 29.4 Å². The molecule has 12 heavy (non-hydrogen) atoms. The predicted octanol–water partition coefficient (Wildman–Crippen LogP) is 2.72. The molecule has 0 amide bonds. The highest BCUT2D eigenvalue weighted by molar-refractivity contribution is 6.35. The molecule has 64 valence electrons. The van der Waals surface area contributed by atoms with Crippen LogP contribution in [0.25, 0.3) is 0 Å². The molecule has 0 saturated carbocycles. The van der Waals surface area contributed by atoms with Crippen LogP contribution in [0.2, 0.25) is 0 Å².